The summed E-state index contributed by atoms with van der Waals surface area (Å²) >= 11 is 1.23. The lowest BCUT2D eigenvalue weighted by atomic mass is 10.0. The second-order valence-electron chi connectivity index (χ2n) is 6.37. The van der Waals surface area contributed by atoms with Gasteiger partial charge < -0.3 is 13.8 Å². The molecule has 0 unspecified atom stereocenters. The van der Waals surface area contributed by atoms with Crippen molar-refractivity contribution in [1.82, 2.24) is 15.2 Å². The zero-order chi connectivity index (χ0) is 19.6. The highest BCUT2D eigenvalue weighted by Gasteiger charge is 2.28. The van der Waals surface area contributed by atoms with Gasteiger partial charge in [-0.05, 0) is 35.5 Å². The van der Waals surface area contributed by atoms with Crippen LogP contribution in [0.25, 0.3) is 22.6 Å². The number of H-pyrrole nitrogens is 1. The number of nitrogens with zero attached hydrogens (tertiary/aromatic N) is 2. The molecule has 5 aromatic rings. The third-order valence-electron chi connectivity index (χ3n) is 4.55. The molecular weight excluding hydrogens is 386 g/mol. The van der Waals surface area contributed by atoms with Gasteiger partial charge in [0.05, 0.1) is 6.26 Å². The van der Waals surface area contributed by atoms with Crippen molar-refractivity contribution in [2.24, 2.45) is 0 Å². The van der Waals surface area contributed by atoms with Gasteiger partial charge >= 0.3 is 0 Å². The molecule has 0 saturated carbocycles. The van der Waals surface area contributed by atoms with E-state index in [4.69, 9.17) is 8.83 Å². The molecule has 0 spiro atoms. The summed E-state index contributed by atoms with van der Waals surface area (Å²) in [5.41, 5.74) is 2.42. The van der Waals surface area contributed by atoms with Crippen LogP contribution < -0.4 is 0 Å². The van der Waals surface area contributed by atoms with E-state index in [1.165, 1.54) is 11.8 Å². The van der Waals surface area contributed by atoms with Gasteiger partial charge in [-0.3, -0.25) is 4.79 Å². The average Bonchev–Trinajstić information content (AvgIpc) is 3.52. The van der Waals surface area contributed by atoms with Gasteiger partial charge in [0.25, 0.3) is 11.1 Å². The van der Waals surface area contributed by atoms with Crippen LogP contribution in [0, 0.1) is 0 Å². The van der Waals surface area contributed by atoms with Crippen molar-refractivity contribution >= 4 is 28.4 Å². The monoisotopic (exact) mass is 401 g/mol. The fourth-order valence-electron chi connectivity index (χ4n) is 3.18. The first-order valence-electron chi connectivity index (χ1n) is 8.99. The fraction of sp³-hybridized carbons (Fsp3) is 0.0455. The molecule has 142 valence electrons. The summed E-state index contributed by atoms with van der Waals surface area (Å²) in [4.78, 5) is 16.7. The van der Waals surface area contributed by atoms with Gasteiger partial charge in [0.15, 0.2) is 11.5 Å². The van der Waals surface area contributed by atoms with Crippen molar-refractivity contribution in [3.8, 4) is 11.7 Å². The maximum Gasteiger partial charge on any atom is 0.284 e. The topological polar surface area (TPSA) is 84.9 Å². The molecule has 1 N–H and O–H groups in total. The van der Waals surface area contributed by atoms with Gasteiger partial charge in [-0.2, -0.15) is 0 Å². The molecule has 0 amide bonds. The molecule has 0 saturated heterocycles. The molecule has 0 aliphatic carbocycles. The van der Waals surface area contributed by atoms with Crippen molar-refractivity contribution in [3.05, 3.63) is 90.3 Å². The Morgan fingerprint density at radius 3 is 2.62 bits per heavy atom. The number of fused-ring (bicyclic) bond motifs is 1. The van der Waals surface area contributed by atoms with Crippen LogP contribution in [-0.4, -0.2) is 21.0 Å². The van der Waals surface area contributed by atoms with E-state index >= 15 is 0 Å². The lowest BCUT2D eigenvalue weighted by Gasteiger charge is -2.13. The summed E-state index contributed by atoms with van der Waals surface area (Å²) in [5.74, 6) is 0.740. The van der Waals surface area contributed by atoms with Crippen molar-refractivity contribution < 1.29 is 13.6 Å². The molecule has 0 bridgehead atoms. The van der Waals surface area contributed by atoms with Gasteiger partial charge in [-0.25, -0.2) is 0 Å². The Kier molecular flexibility index (Phi) is 4.50. The Morgan fingerprint density at radius 2 is 1.79 bits per heavy atom. The third kappa shape index (κ3) is 3.36. The van der Waals surface area contributed by atoms with E-state index in [9.17, 15) is 4.79 Å². The first kappa shape index (κ1) is 17.5. The quantitative estimate of drug-likeness (QED) is 0.298. The highest BCUT2D eigenvalue weighted by atomic mass is 32.2. The van der Waals surface area contributed by atoms with Gasteiger partial charge in [-0.15, -0.1) is 10.2 Å². The number of aromatic nitrogens is 3. The van der Waals surface area contributed by atoms with Crippen molar-refractivity contribution in [1.29, 1.82) is 0 Å². The molecule has 3 aromatic heterocycles. The van der Waals surface area contributed by atoms with E-state index in [-0.39, 0.29) is 11.7 Å². The molecule has 0 aliphatic heterocycles. The number of para-hydroxylation sites is 1. The minimum Gasteiger partial charge on any atom is -0.459 e. The molecule has 7 heteroatoms. The maximum atomic E-state index is 13.5. The van der Waals surface area contributed by atoms with Crippen LogP contribution in [0.3, 0.4) is 0 Å². The van der Waals surface area contributed by atoms with E-state index in [0.717, 1.165) is 16.5 Å². The van der Waals surface area contributed by atoms with Crippen LogP contribution in [0.5, 0.6) is 0 Å². The fourth-order valence-corrected chi connectivity index (χ4v) is 4.12. The highest BCUT2D eigenvalue weighted by molar-refractivity contribution is 8.00. The number of furan rings is 1. The number of carbonyl (C=O) groups excluding carboxylic acids is 1. The Labute approximate surface area is 170 Å². The van der Waals surface area contributed by atoms with Crippen molar-refractivity contribution in [3.63, 3.8) is 0 Å². The second-order valence-corrected chi connectivity index (χ2v) is 7.43. The SMILES string of the molecule is O=C(c1c[nH]c2ccccc12)[C@H](Sc1nnc(-c2ccco2)o1)c1ccccc1. The lowest BCUT2D eigenvalue weighted by Crippen LogP contribution is -2.09. The Morgan fingerprint density at radius 1 is 0.966 bits per heavy atom. The maximum absolute atomic E-state index is 13.5. The number of rotatable bonds is 6. The smallest absolute Gasteiger partial charge is 0.284 e. The summed E-state index contributed by atoms with van der Waals surface area (Å²) < 4.78 is 11.0. The molecule has 3 heterocycles. The van der Waals surface area contributed by atoms with Gasteiger partial charge in [-0.1, -0.05) is 48.5 Å². The molecule has 2 aromatic carbocycles. The predicted octanol–water partition coefficient (Wildman–Crippen LogP) is 5.53. The number of aromatic amines is 1. The van der Waals surface area contributed by atoms with Crippen LogP contribution in [0.15, 0.2) is 93.2 Å². The summed E-state index contributed by atoms with van der Waals surface area (Å²) in [5, 5.41) is 8.78. The normalized spacial score (nSPS) is 12.3. The van der Waals surface area contributed by atoms with Crippen LogP contribution in [0.1, 0.15) is 21.2 Å². The average molecular weight is 401 g/mol. The number of hydrogen-bond donors (Lipinski definition) is 1. The number of hydrogen-bond acceptors (Lipinski definition) is 6. The molecule has 29 heavy (non-hydrogen) atoms. The number of nitrogens with one attached hydrogen (secondary N) is 1. The van der Waals surface area contributed by atoms with Crippen molar-refractivity contribution in [2.75, 3.05) is 0 Å². The number of thioether (sulfide) groups is 1. The van der Waals surface area contributed by atoms with E-state index in [1.807, 2.05) is 54.6 Å². The van der Waals surface area contributed by atoms with Crippen LogP contribution in [0.4, 0.5) is 0 Å². The highest BCUT2D eigenvalue weighted by Crippen LogP contribution is 2.39. The van der Waals surface area contributed by atoms with Crippen LogP contribution in [0.2, 0.25) is 0 Å². The number of ketones is 1. The largest absolute Gasteiger partial charge is 0.459 e. The zero-order valence-corrected chi connectivity index (χ0v) is 15.9. The van der Waals surface area contributed by atoms with E-state index in [1.54, 1.807) is 24.6 Å². The first-order valence-corrected chi connectivity index (χ1v) is 9.87. The van der Waals surface area contributed by atoms with Gasteiger partial charge in [0.1, 0.15) is 5.25 Å². The third-order valence-corrected chi connectivity index (χ3v) is 5.64. The number of carbonyl (C=O) groups is 1. The van der Waals surface area contributed by atoms with E-state index in [0.29, 0.717) is 16.5 Å². The second kappa shape index (κ2) is 7.44. The number of Topliss-reactive ketones (excluding diaryl/α,β-unsaturated/α-hetero) is 1. The standard InChI is InChI=1S/C22H15N3O3S/c26-19(16-13-23-17-10-5-4-9-15(16)17)20(14-7-2-1-3-8-14)29-22-25-24-21(28-22)18-11-6-12-27-18/h1-13,20,23H/t20-/m1/s1. The Hall–Kier alpha value is -3.58. The summed E-state index contributed by atoms with van der Waals surface area (Å²) in [7, 11) is 0. The van der Waals surface area contributed by atoms with Crippen LogP contribution in [-0.2, 0) is 0 Å². The Bertz CT molecular complexity index is 1260. The van der Waals surface area contributed by atoms with E-state index < -0.39 is 5.25 Å². The van der Waals surface area contributed by atoms with E-state index in [2.05, 4.69) is 15.2 Å². The van der Waals surface area contributed by atoms with Crippen molar-refractivity contribution in [2.45, 2.75) is 10.5 Å². The molecule has 6 nitrogen and oxygen atoms in total. The first-order chi connectivity index (χ1) is 14.3. The molecule has 0 radical (unpaired) electrons. The van der Waals surface area contributed by atoms with Gasteiger partial charge in [0.2, 0.25) is 0 Å². The minimum atomic E-state index is -0.527. The molecule has 1 atom stereocenters. The number of benzene rings is 2. The lowest BCUT2D eigenvalue weighted by molar-refractivity contribution is 0.0990. The molecule has 0 fully saturated rings. The zero-order valence-electron chi connectivity index (χ0n) is 15.1. The summed E-state index contributed by atoms with van der Waals surface area (Å²) in [6, 6.07) is 20.8. The molecule has 0 aliphatic rings. The summed E-state index contributed by atoms with van der Waals surface area (Å²) in [6.07, 6.45) is 3.30. The van der Waals surface area contributed by atoms with Gasteiger partial charge in [0, 0.05) is 22.7 Å². The minimum absolute atomic E-state index is 0.0311. The summed E-state index contributed by atoms with van der Waals surface area (Å²) in [6.45, 7) is 0. The molecule has 5 rings (SSSR count). The van der Waals surface area contributed by atoms with Crippen LogP contribution >= 0.6 is 11.8 Å². The Balaban J connectivity index is 1.51. The molecular formula is C22H15N3O3S. The predicted molar refractivity (Wildman–Crippen MR) is 110 cm³/mol.